The van der Waals surface area contributed by atoms with Crippen LogP contribution in [-0.4, -0.2) is 60.4 Å². The lowest BCUT2D eigenvalue weighted by molar-refractivity contribution is -0.384. The van der Waals surface area contributed by atoms with Gasteiger partial charge in [0.25, 0.3) is 5.69 Å². The molecular weight excluding hydrogens is 469 g/mol. The minimum atomic E-state index is -0.483. The standard InChI is InChI=1S/C25H26FN5O5/c1-16-14-35-25-22-20(11-21(26)23(25)29-9-7-28(2)8-10-29)24(32)18(13-30(16)22)12-27-36-15-17-3-5-19(6-4-17)31(33)34/h3-6,11-13,16H,7-10,14-15H2,1-2H3/b27-12+/t16-/m0/s1. The molecule has 0 bridgehead atoms. The topological polar surface area (TPSA) is 102 Å². The lowest BCUT2D eigenvalue weighted by atomic mass is 10.1. The highest BCUT2D eigenvalue weighted by Crippen LogP contribution is 2.42. The SMILES string of the molecule is C[C@H]1COc2c(N3CCN(C)CC3)c(F)cc3c(=O)c(/C=N/OCc4ccc([N+](=O)[O-])cc4)cn1c23. The Morgan fingerprint density at radius 1 is 1.25 bits per heavy atom. The number of pyridine rings is 1. The van der Waals surface area contributed by atoms with Crippen molar-refractivity contribution in [3.63, 3.8) is 0 Å². The van der Waals surface area contributed by atoms with Gasteiger partial charge in [-0.05, 0) is 37.7 Å². The lowest BCUT2D eigenvalue weighted by Crippen LogP contribution is -2.45. The average molecular weight is 496 g/mol. The van der Waals surface area contributed by atoms with Crippen LogP contribution in [0.15, 0.2) is 46.5 Å². The summed E-state index contributed by atoms with van der Waals surface area (Å²) in [4.78, 5) is 33.0. The Kier molecular flexibility index (Phi) is 6.31. The number of hydrogen-bond donors (Lipinski definition) is 0. The molecule has 0 aliphatic carbocycles. The number of non-ortho nitro benzene ring substituents is 1. The Labute approximate surface area is 206 Å². The van der Waals surface area contributed by atoms with E-state index in [1.807, 2.05) is 23.4 Å². The van der Waals surface area contributed by atoms with Crippen molar-refractivity contribution in [2.75, 3.05) is 44.7 Å². The number of nitro benzene ring substituents is 1. The van der Waals surface area contributed by atoms with E-state index in [1.165, 1.54) is 24.4 Å². The van der Waals surface area contributed by atoms with Gasteiger partial charge in [0, 0.05) is 44.5 Å². The fourth-order valence-corrected chi connectivity index (χ4v) is 4.57. The average Bonchev–Trinajstić information content (AvgIpc) is 2.87. The van der Waals surface area contributed by atoms with Crippen molar-refractivity contribution >= 4 is 28.5 Å². The number of halogens is 1. The van der Waals surface area contributed by atoms with Gasteiger partial charge in [-0.3, -0.25) is 14.9 Å². The summed E-state index contributed by atoms with van der Waals surface area (Å²) in [7, 11) is 2.03. The van der Waals surface area contributed by atoms with Gasteiger partial charge in [-0.15, -0.1) is 0 Å². The number of likely N-dealkylation sites (N-methyl/N-ethyl adjacent to an activating group) is 1. The van der Waals surface area contributed by atoms with Gasteiger partial charge in [-0.2, -0.15) is 0 Å². The van der Waals surface area contributed by atoms with Crippen LogP contribution in [0.3, 0.4) is 0 Å². The predicted octanol–water partition coefficient (Wildman–Crippen LogP) is 3.30. The molecule has 1 saturated heterocycles. The molecule has 0 spiro atoms. The van der Waals surface area contributed by atoms with E-state index in [4.69, 9.17) is 9.57 Å². The molecule has 3 aromatic rings. The molecule has 10 nitrogen and oxygen atoms in total. The molecule has 1 fully saturated rings. The molecule has 0 amide bonds. The van der Waals surface area contributed by atoms with Crippen molar-refractivity contribution in [1.82, 2.24) is 9.47 Å². The van der Waals surface area contributed by atoms with Gasteiger partial charge in [0.2, 0.25) is 0 Å². The molecule has 5 rings (SSSR count). The lowest BCUT2D eigenvalue weighted by Gasteiger charge is -2.37. The van der Waals surface area contributed by atoms with Crippen molar-refractivity contribution < 1.29 is 18.9 Å². The van der Waals surface area contributed by atoms with E-state index < -0.39 is 10.7 Å². The third-order valence-corrected chi connectivity index (χ3v) is 6.63. The number of benzene rings is 2. The first-order valence-electron chi connectivity index (χ1n) is 11.7. The highest BCUT2D eigenvalue weighted by molar-refractivity contribution is 5.95. The first-order chi connectivity index (χ1) is 17.3. The van der Waals surface area contributed by atoms with Gasteiger partial charge in [0.05, 0.1) is 33.6 Å². The number of nitro groups is 1. The fourth-order valence-electron chi connectivity index (χ4n) is 4.57. The highest BCUT2D eigenvalue weighted by Gasteiger charge is 2.30. The van der Waals surface area contributed by atoms with E-state index in [1.54, 1.807) is 18.3 Å². The second-order valence-corrected chi connectivity index (χ2v) is 9.13. The maximum Gasteiger partial charge on any atom is 0.269 e. The Hall–Kier alpha value is -3.99. The van der Waals surface area contributed by atoms with Crippen LogP contribution in [0.4, 0.5) is 15.8 Å². The summed E-state index contributed by atoms with van der Waals surface area (Å²) in [5.74, 6) is -0.0774. The molecule has 36 heavy (non-hydrogen) atoms. The van der Waals surface area contributed by atoms with Gasteiger partial charge in [0.1, 0.15) is 18.9 Å². The van der Waals surface area contributed by atoms with Crippen LogP contribution >= 0.6 is 0 Å². The van der Waals surface area contributed by atoms with Gasteiger partial charge in [-0.25, -0.2) is 4.39 Å². The van der Waals surface area contributed by atoms with Gasteiger partial charge in [0.15, 0.2) is 17.0 Å². The number of ether oxygens (including phenoxy) is 1. The second-order valence-electron chi connectivity index (χ2n) is 9.13. The monoisotopic (exact) mass is 495 g/mol. The molecule has 0 N–H and O–H groups in total. The Bertz CT molecular complexity index is 1400. The predicted molar refractivity (Wildman–Crippen MR) is 134 cm³/mol. The van der Waals surface area contributed by atoms with Gasteiger partial charge in [-0.1, -0.05) is 5.16 Å². The van der Waals surface area contributed by atoms with E-state index in [0.717, 1.165) is 13.1 Å². The van der Waals surface area contributed by atoms with Crippen molar-refractivity contribution in [1.29, 1.82) is 0 Å². The largest absolute Gasteiger partial charge is 0.487 e. The van der Waals surface area contributed by atoms with Crippen molar-refractivity contribution in [3.05, 3.63) is 73.8 Å². The van der Waals surface area contributed by atoms with Crippen LogP contribution in [0.5, 0.6) is 5.75 Å². The van der Waals surface area contributed by atoms with E-state index in [2.05, 4.69) is 10.1 Å². The van der Waals surface area contributed by atoms with E-state index in [-0.39, 0.29) is 34.7 Å². The molecule has 188 valence electrons. The third-order valence-electron chi connectivity index (χ3n) is 6.63. The van der Waals surface area contributed by atoms with Crippen LogP contribution < -0.4 is 15.1 Å². The van der Waals surface area contributed by atoms with Crippen molar-refractivity contribution in [2.45, 2.75) is 19.6 Å². The van der Waals surface area contributed by atoms with E-state index in [9.17, 15) is 14.9 Å². The molecule has 1 aromatic heterocycles. The van der Waals surface area contributed by atoms with Crippen LogP contribution in [0.1, 0.15) is 24.1 Å². The normalized spacial score (nSPS) is 18.0. The smallest absolute Gasteiger partial charge is 0.269 e. The highest BCUT2D eigenvalue weighted by atomic mass is 19.1. The van der Waals surface area contributed by atoms with Crippen molar-refractivity contribution in [3.8, 4) is 5.75 Å². The summed E-state index contributed by atoms with van der Waals surface area (Å²) in [5, 5.41) is 14.9. The van der Waals surface area contributed by atoms with Crippen LogP contribution in [-0.2, 0) is 11.4 Å². The molecule has 3 heterocycles. The van der Waals surface area contributed by atoms with Gasteiger partial charge >= 0.3 is 0 Å². The number of oxime groups is 1. The summed E-state index contributed by atoms with van der Waals surface area (Å²) in [6, 6.07) is 7.14. The number of anilines is 1. The maximum atomic E-state index is 15.4. The van der Waals surface area contributed by atoms with Crippen LogP contribution in [0.2, 0.25) is 0 Å². The summed E-state index contributed by atoms with van der Waals surface area (Å²) in [6.07, 6.45) is 3.01. The number of aromatic nitrogens is 1. The molecule has 1 atom stereocenters. The molecule has 0 radical (unpaired) electrons. The molecule has 2 aromatic carbocycles. The van der Waals surface area contributed by atoms with E-state index >= 15 is 4.39 Å². The van der Waals surface area contributed by atoms with Crippen LogP contribution in [0.25, 0.3) is 10.9 Å². The zero-order chi connectivity index (χ0) is 25.4. The quantitative estimate of drug-likeness (QED) is 0.294. The second kappa shape index (κ2) is 9.57. The fraction of sp³-hybridized carbons (Fsp3) is 0.360. The first-order valence-corrected chi connectivity index (χ1v) is 11.7. The molecule has 0 unspecified atom stereocenters. The Balaban J connectivity index is 1.45. The minimum Gasteiger partial charge on any atom is -0.487 e. The van der Waals surface area contributed by atoms with Crippen LogP contribution in [0, 0.1) is 15.9 Å². The first kappa shape index (κ1) is 23.7. The third kappa shape index (κ3) is 4.37. The summed E-state index contributed by atoms with van der Waals surface area (Å²) in [5.41, 5.74) is 1.56. The Morgan fingerprint density at radius 2 is 1.97 bits per heavy atom. The van der Waals surface area contributed by atoms with E-state index in [0.29, 0.717) is 42.2 Å². The summed E-state index contributed by atoms with van der Waals surface area (Å²) < 4.78 is 23.3. The minimum absolute atomic E-state index is 0.0131. The molecular formula is C25H26FN5O5. The Morgan fingerprint density at radius 3 is 2.67 bits per heavy atom. The zero-order valence-electron chi connectivity index (χ0n) is 20.0. The molecule has 0 saturated carbocycles. The number of rotatable bonds is 6. The summed E-state index contributed by atoms with van der Waals surface area (Å²) in [6.45, 7) is 5.37. The summed E-state index contributed by atoms with van der Waals surface area (Å²) >= 11 is 0. The van der Waals surface area contributed by atoms with Gasteiger partial charge < -0.3 is 23.9 Å². The maximum absolute atomic E-state index is 15.4. The molecule has 2 aliphatic heterocycles. The number of piperazine rings is 1. The molecule has 2 aliphatic rings. The molecule has 11 heteroatoms. The number of nitrogens with zero attached hydrogens (tertiary/aromatic N) is 5. The van der Waals surface area contributed by atoms with Crippen molar-refractivity contribution in [2.24, 2.45) is 5.16 Å². The zero-order valence-corrected chi connectivity index (χ0v) is 20.0. The number of hydrogen-bond acceptors (Lipinski definition) is 8.